The number of benzene rings is 1. The zero-order valence-corrected chi connectivity index (χ0v) is 15.6. The van der Waals surface area contributed by atoms with Gasteiger partial charge < -0.3 is 14.5 Å². The molecule has 1 aromatic carbocycles. The van der Waals surface area contributed by atoms with Crippen LogP contribution in [0.15, 0.2) is 30.3 Å². The summed E-state index contributed by atoms with van der Waals surface area (Å²) in [4.78, 5) is 28.8. The monoisotopic (exact) mass is 386 g/mol. The minimum Gasteiger partial charge on any atom is -0.378 e. The maximum atomic E-state index is 13.1. The number of ether oxygens (including phenoxy) is 1. The highest BCUT2D eigenvalue weighted by molar-refractivity contribution is 5.94. The molecule has 2 fully saturated rings. The Bertz CT molecular complexity index is 845. The van der Waals surface area contributed by atoms with Crippen LogP contribution in [-0.2, 0) is 4.74 Å². The Morgan fingerprint density at radius 1 is 1.07 bits per heavy atom. The van der Waals surface area contributed by atoms with Crippen molar-refractivity contribution >= 4 is 11.8 Å². The Morgan fingerprint density at radius 2 is 1.82 bits per heavy atom. The van der Waals surface area contributed by atoms with E-state index in [2.05, 4.69) is 10.2 Å². The molecular formula is C20H23FN4O3. The number of rotatable bonds is 3. The van der Waals surface area contributed by atoms with Crippen LogP contribution in [0, 0.1) is 5.82 Å². The lowest BCUT2D eigenvalue weighted by molar-refractivity contribution is 0.0299. The van der Waals surface area contributed by atoms with E-state index in [0.29, 0.717) is 50.7 Å². The summed E-state index contributed by atoms with van der Waals surface area (Å²) in [6, 6.07) is 7.42. The fraction of sp³-hybridized carbons (Fsp3) is 0.450. The molecule has 1 N–H and O–H groups in total. The summed E-state index contributed by atoms with van der Waals surface area (Å²) in [6.45, 7) is 3.46. The van der Waals surface area contributed by atoms with E-state index in [1.54, 1.807) is 15.9 Å². The number of H-pyrrole nitrogens is 1. The van der Waals surface area contributed by atoms with Crippen molar-refractivity contribution in [2.24, 2.45) is 0 Å². The average molecular weight is 386 g/mol. The van der Waals surface area contributed by atoms with Gasteiger partial charge in [0.15, 0.2) is 0 Å². The normalized spacial score (nSPS) is 20.2. The summed E-state index contributed by atoms with van der Waals surface area (Å²) in [5.41, 5.74) is 1.75. The molecule has 0 bridgehead atoms. The maximum absolute atomic E-state index is 13.1. The van der Waals surface area contributed by atoms with Crippen LogP contribution in [0.4, 0.5) is 4.39 Å². The molecule has 1 atom stereocenters. The summed E-state index contributed by atoms with van der Waals surface area (Å²) in [7, 11) is 0. The second-order valence-electron chi connectivity index (χ2n) is 7.21. The Labute approximate surface area is 162 Å². The zero-order valence-electron chi connectivity index (χ0n) is 15.6. The fourth-order valence-corrected chi connectivity index (χ4v) is 3.77. The van der Waals surface area contributed by atoms with Crippen LogP contribution in [0.5, 0.6) is 0 Å². The molecule has 1 aromatic heterocycles. The number of carbonyl (C=O) groups excluding carboxylic acids is 2. The number of amides is 2. The van der Waals surface area contributed by atoms with Crippen LogP contribution in [0.3, 0.4) is 0 Å². The quantitative estimate of drug-likeness (QED) is 0.876. The van der Waals surface area contributed by atoms with Crippen LogP contribution < -0.4 is 0 Å². The highest BCUT2D eigenvalue weighted by atomic mass is 19.1. The molecular weight excluding hydrogens is 363 g/mol. The third-order valence-corrected chi connectivity index (χ3v) is 5.35. The predicted molar refractivity (Wildman–Crippen MR) is 99.6 cm³/mol. The van der Waals surface area contributed by atoms with Gasteiger partial charge >= 0.3 is 0 Å². The minimum atomic E-state index is -0.358. The number of hydrogen-bond donors (Lipinski definition) is 1. The number of piperidine rings is 1. The first-order valence-electron chi connectivity index (χ1n) is 9.59. The number of nitrogens with one attached hydrogen (secondary N) is 1. The lowest BCUT2D eigenvalue weighted by Crippen LogP contribution is -2.40. The SMILES string of the molecule is O=C(c1ccc(F)cc1)N1CCCC(c2cc(C(=O)N3CCOCC3)n[nH]2)C1. The van der Waals surface area contributed by atoms with Crippen molar-refractivity contribution in [1.29, 1.82) is 0 Å². The predicted octanol–water partition coefficient (Wildman–Crippen LogP) is 2.04. The summed E-state index contributed by atoms with van der Waals surface area (Å²) < 4.78 is 18.4. The van der Waals surface area contributed by atoms with Gasteiger partial charge in [-0.2, -0.15) is 5.10 Å². The van der Waals surface area contributed by atoms with Gasteiger partial charge in [0.25, 0.3) is 11.8 Å². The first-order valence-corrected chi connectivity index (χ1v) is 9.59. The molecule has 7 nitrogen and oxygen atoms in total. The van der Waals surface area contributed by atoms with E-state index >= 15 is 0 Å². The van der Waals surface area contributed by atoms with E-state index < -0.39 is 0 Å². The molecule has 2 aliphatic rings. The summed E-state index contributed by atoms with van der Waals surface area (Å²) in [5.74, 6) is -0.463. The van der Waals surface area contributed by atoms with Gasteiger partial charge in [-0.25, -0.2) is 4.39 Å². The molecule has 1 unspecified atom stereocenters. The molecule has 2 amide bonds. The first kappa shape index (κ1) is 18.6. The van der Waals surface area contributed by atoms with Crippen molar-refractivity contribution in [3.8, 4) is 0 Å². The van der Waals surface area contributed by atoms with Crippen LogP contribution in [-0.4, -0.2) is 71.2 Å². The van der Waals surface area contributed by atoms with Crippen LogP contribution in [0.25, 0.3) is 0 Å². The second kappa shape index (κ2) is 8.10. The lowest BCUT2D eigenvalue weighted by atomic mass is 9.94. The topological polar surface area (TPSA) is 78.5 Å². The Morgan fingerprint density at radius 3 is 2.57 bits per heavy atom. The largest absolute Gasteiger partial charge is 0.378 e. The molecule has 0 radical (unpaired) electrons. The van der Waals surface area contributed by atoms with E-state index in [9.17, 15) is 14.0 Å². The standard InChI is InChI=1S/C20H23FN4O3/c21-16-5-3-14(4-6-16)19(26)25-7-1-2-15(13-25)17-12-18(23-22-17)20(27)24-8-10-28-11-9-24/h3-6,12,15H,1-2,7-11,13H2,(H,22,23). The number of nitrogens with zero attached hydrogens (tertiary/aromatic N) is 3. The van der Waals surface area contributed by atoms with Gasteiger partial charge in [-0.1, -0.05) is 0 Å². The van der Waals surface area contributed by atoms with E-state index in [1.807, 2.05) is 0 Å². The van der Waals surface area contributed by atoms with Crippen molar-refractivity contribution in [1.82, 2.24) is 20.0 Å². The lowest BCUT2D eigenvalue weighted by Gasteiger charge is -2.32. The molecule has 0 spiro atoms. The summed E-state index contributed by atoms with van der Waals surface area (Å²) in [6.07, 6.45) is 1.78. The summed E-state index contributed by atoms with van der Waals surface area (Å²) in [5, 5.41) is 7.19. The number of carbonyl (C=O) groups is 2. The number of likely N-dealkylation sites (tertiary alicyclic amines) is 1. The smallest absolute Gasteiger partial charge is 0.274 e. The molecule has 148 valence electrons. The van der Waals surface area contributed by atoms with Crippen LogP contribution in [0.1, 0.15) is 45.3 Å². The fourth-order valence-electron chi connectivity index (χ4n) is 3.77. The second-order valence-corrected chi connectivity index (χ2v) is 7.21. The van der Waals surface area contributed by atoms with E-state index in [1.165, 1.54) is 24.3 Å². The minimum absolute atomic E-state index is 0.0943. The molecule has 4 rings (SSSR count). The zero-order chi connectivity index (χ0) is 19.5. The number of hydrogen-bond acceptors (Lipinski definition) is 4. The third-order valence-electron chi connectivity index (χ3n) is 5.35. The first-order chi connectivity index (χ1) is 13.6. The molecule has 0 saturated carbocycles. The maximum Gasteiger partial charge on any atom is 0.274 e. The molecule has 2 aliphatic heterocycles. The average Bonchev–Trinajstić information content (AvgIpc) is 3.24. The van der Waals surface area contributed by atoms with Gasteiger partial charge in [-0.3, -0.25) is 14.7 Å². The van der Waals surface area contributed by atoms with Crippen LogP contribution >= 0.6 is 0 Å². The number of halogens is 1. The highest BCUT2D eigenvalue weighted by Gasteiger charge is 2.28. The van der Waals surface area contributed by atoms with E-state index in [-0.39, 0.29) is 23.5 Å². The van der Waals surface area contributed by atoms with Crippen molar-refractivity contribution in [3.05, 3.63) is 53.1 Å². The van der Waals surface area contributed by atoms with Gasteiger partial charge in [-0.15, -0.1) is 0 Å². The number of morpholine rings is 1. The van der Waals surface area contributed by atoms with E-state index in [0.717, 1.165) is 18.5 Å². The Hall–Kier alpha value is -2.74. The Kier molecular flexibility index (Phi) is 5.38. The van der Waals surface area contributed by atoms with Gasteiger partial charge in [-0.05, 0) is 43.2 Å². The molecule has 28 heavy (non-hydrogen) atoms. The molecule has 2 saturated heterocycles. The van der Waals surface area contributed by atoms with Crippen molar-refractivity contribution in [2.75, 3.05) is 39.4 Å². The van der Waals surface area contributed by atoms with Gasteiger partial charge in [0.05, 0.1) is 13.2 Å². The van der Waals surface area contributed by atoms with Crippen molar-refractivity contribution in [2.45, 2.75) is 18.8 Å². The van der Waals surface area contributed by atoms with Gasteiger partial charge in [0, 0.05) is 43.4 Å². The molecule has 3 heterocycles. The van der Waals surface area contributed by atoms with E-state index in [4.69, 9.17) is 4.74 Å². The van der Waals surface area contributed by atoms with Gasteiger partial charge in [0.1, 0.15) is 11.5 Å². The third kappa shape index (κ3) is 3.91. The number of aromatic amines is 1. The number of aromatic nitrogens is 2. The van der Waals surface area contributed by atoms with Crippen LogP contribution in [0.2, 0.25) is 0 Å². The Balaban J connectivity index is 1.43. The highest BCUT2D eigenvalue weighted by Crippen LogP contribution is 2.27. The molecule has 8 heteroatoms. The van der Waals surface area contributed by atoms with Crippen molar-refractivity contribution in [3.63, 3.8) is 0 Å². The molecule has 2 aromatic rings. The van der Waals surface area contributed by atoms with Crippen molar-refractivity contribution < 1.29 is 18.7 Å². The van der Waals surface area contributed by atoms with Gasteiger partial charge in [0.2, 0.25) is 0 Å². The summed E-state index contributed by atoms with van der Waals surface area (Å²) >= 11 is 0. The molecule has 0 aliphatic carbocycles.